The molecule has 33 heavy (non-hydrogen) atoms. The Morgan fingerprint density at radius 2 is 1.91 bits per heavy atom. The van der Waals surface area contributed by atoms with Gasteiger partial charge in [-0.1, -0.05) is 45.1 Å². The molecule has 0 saturated carbocycles. The van der Waals surface area contributed by atoms with Gasteiger partial charge in [-0.15, -0.1) is 0 Å². The summed E-state index contributed by atoms with van der Waals surface area (Å²) < 4.78 is 5.30. The Kier molecular flexibility index (Phi) is 7.62. The fourth-order valence-corrected chi connectivity index (χ4v) is 5.19. The summed E-state index contributed by atoms with van der Waals surface area (Å²) in [5.74, 6) is -3.12. The molecule has 1 aliphatic heterocycles. The number of anilines is 1. The molecule has 7 nitrogen and oxygen atoms in total. The Morgan fingerprint density at radius 1 is 1.21 bits per heavy atom. The van der Waals surface area contributed by atoms with Crippen molar-refractivity contribution in [3.8, 4) is 0 Å². The van der Waals surface area contributed by atoms with Gasteiger partial charge in [0.2, 0.25) is 11.8 Å². The number of amides is 2. The van der Waals surface area contributed by atoms with Crippen molar-refractivity contribution in [1.82, 2.24) is 4.90 Å². The van der Waals surface area contributed by atoms with Crippen LogP contribution >= 0.6 is 0 Å². The Bertz CT molecular complexity index is 941. The lowest BCUT2D eigenvalue weighted by molar-refractivity contribution is -0.156. The first-order valence-electron chi connectivity index (χ1n) is 11.8. The lowest BCUT2D eigenvalue weighted by atomic mass is 9.70. The van der Waals surface area contributed by atoms with E-state index in [0.29, 0.717) is 5.69 Å². The van der Waals surface area contributed by atoms with Crippen molar-refractivity contribution in [3.05, 3.63) is 41.5 Å². The summed E-state index contributed by atoms with van der Waals surface area (Å²) in [5, 5.41) is 13.2. The monoisotopic (exact) mass is 456 g/mol. The molecule has 1 aliphatic carbocycles. The number of nitrogens with zero attached hydrogens (tertiary/aromatic N) is 1. The van der Waals surface area contributed by atoms with Gasteiger partial charge in [0, 0.05) is 11.6 Å². The zero-order valence-electron chi connectivity index (χ0n) is 20.4. The SMILES string of the molecule is CCOC(=O)[C@H]1[C@H]2C(=O)N([C@@H](CO)C(C)C)[C@H](C(=O)Nc3cc(C)ccc3C)[C@H]2C=C[C@H]1C. The smallest absolute Gasteiger partial charge is 0.310 e. The molecular weight excluding hydrogens is 420 g/mol. The van der Waals surface area contributed by atoms with Crippen LogP contribution in [0.3, 0.4) is 0 Å². The Morgan fingerprint density at radius 3 is 2.52 bits per heavy atom. The van der Waals surface area contributed by atoms with Crippen LogP contribution in [0.4, 0.5) is 5.69 Å². The highest BCUT2D eigenvalue weighted by Gasteiger charge is 2.58. The molecular formula is C26H36N2O5. The van der Waals surface area contributed by atoms with Gasteiger partial charge in [0.15, 0.2) is 0 Å². The van der Waals surface area contributed by atoms with E-state index in [9.17, 15) is 19.5 Å². The van der Waals surface area contributed by atoms with Crippen LogP contribution in [-0.4, -0.2) is 53.1 Å². The number of rotatable bonds is 7. The van der Waals surface area contributed by atoms with E-state index in [1.807, 2.05) is 65.0 Å². The molecule has 1 aromatic rings. The maximum atomic E-state index is 13.8. The molecule has 6 atom stereocenters. The zero-order chi connectivity index (χ0) is 24.4. The standard InChI is InChI=1S/C26H36N2O5/c1-7-33-26(32)21-17(6)10-11-18-22(21)25(31)28(20(13-29)14(2)3)23(18)24(30)27-19-12-15(4)8-9-16(19)5/h8-12,14,17-18,20-23,29H,7,13H2,1-6H3,(H,27,30)/t17-,18+,20+,21-,22+,23+/m1/s1. The van der Waals surface area contributed by atoms with Crippen molar-refractivity contribution in [1.29, 1.82) is 0 Å². The van der Waals surface area contributed by atoms with Crippen LogP contribution in [0.15, 0.2) is 30.4 Å². The average molecular weight is 457 g/mol. The number of likely N-dealkylation sites (tertiary alicyclic amines) is 1. The number of carbonyl (C=O) groups is 3. The average Bonchev–Trinajstić information content (AvgIpc) is 3.03. The van der Waals surface area contributed by atoms with Gasteiger partial charge >= 0.3 is 5.97 Å². The summed E-state index contributed by atoms with van der Waals surface area (Å²) in [7, 11) is 0. The number of nitrogens with one attached hydrogen (secondary N) is 1. The molecule has 2 amide bonds. The minimum atomic E-state index is -0.831. The van der Waals surface area contributed by atoms with Gasteiger partial charge in [0.1, 0.15) is 6.04 Å². The van der Waals surface area contributed by atoms with E-state index in [0.717, 1.165) is 11.1 Å². The van der Waals surface area contributed by atoms with E-state index in [2.05, 4.69) is 5.32 Å². The van der Waals surface area contributed by atoms with Crippen LogP contribution in [0.25, 0.3) is 0 Å². The van der Waals surface area contributed by atoms with Gasteiger partial charge in [-0.2, -0.15) is 0 Å². The molecule has 2 N–H and O–H groups in total. The molecule has 2 aliphatic rings. The molecule has 1 aromatic carbocycles. The molecule has 7 heteroatoms. The van der Waals surface area contributed by atoms with Crippen LogP contribution in [0.2, 0.25) is 0 Å². The number of carbonyl (C=O) groups excluding carboxylic acids is 3. The summed E-state index contributed by atoms with van der Waals surface area (Å²) in [6, 6.07) is 4.45. The van der Waals surface area contributed by atoms with E-state index < -0.39 is 35.8 Å². The molecule has 1 fully saturated rings. The number of esters is 1. The highest BCUT2D eigenvalue weighted by Crippen LogP contribution is 2.45. The Balaban J connectivity index is 2.05. The van der Waals surface area contributed by atoms with Crippen molar-refractivity contribution in [2.75, 3.05) is 18.5 Å². The molecule has 0 aromatic heterocycles. The molecule has 1 saturated heterocycles. The van der Waals surface area contributed by atoms with Crippen LogP contribution in [0.5, 0.6) is 0 Å². The van der Waals surface area contributed by atoms with Crippen LogP contribution in [-0.2, 0) is 19.1 Å². The second kappa shape index (κ2) is 10.1. The quantitative estimate of drug-likeness (QED) is 0.486. The first-order chi connectivity index (χ1) is 15.6. The summed E-state index contributed by atoms with van der Waals surface area (Å²) in [6.45, 7) is 11.3. The first-order valence-corrected chi connectivity index (χ1v) is 11.8. The van der Waals surface area contributed by atoms with Crippen molar-refractivity contribution in [2.45, 2.75) is 53.6 Å². The number of aliphatic hydroxyl groups excluding tert-OH is 1. The second-order valence-corrected chi connectivity index (χ2v) is 9.62. The van der Waals surface area contributed by atoms with Gasteiger partial charge in [-0.3, -0.25) is 14.4 Å². The van der Waals surface area contributed by atoms with E-state index in [1.165, 1.54) is 4.90 Å². The predicted octanol–water partition coefficient (Wildman–Crippen LogP) is 3.09. The predicted molar refractivity (Wildman–Crippen MR) is 126 cm³/mol. The van der Waals surface area contributed by atoms with Gasteiger partial charge in [-0.25, -0.2) is 0 Å². The Labute approximate surface area is 196 Å². The van der Waals surface area contributed by atoms with Crippen LogP contribution < -0.4 is 5.32 Å². The number of hydrogen-bond donors (Lipinski definition) is 2. The first kappa shape index (κ1) is 25.0. The van der Waals surface area contributed by atoms with E-state index in [4.69, 9.17) is 4.74 Å². The number of hydrogen-bond acceptors (Lipinski definition) is 5. The third-order valence-electron chi connectivity index (χ3n) is 7.00. The number of benzene rings is 1. The number of allylic oxidation sites excluding steroid dienone is 1. The van der Waals surface area contributed by atoms with E-state index in [1.54, 1.807) is 6.92 Å². The van der Waals surface area contributed by atoms with Gasteiger partial charge in [0.05, 0.1) is 31.1 Å². The molecule has 1 heterocycles. The Hall–Kier alpha value is -2.67. The normalized spacial score (nSPS) is 27.5. The minimum Gasteiger partial charge on any atom is -0.466 e. The van der Waals surface area contributed by atoms with Gasteiger partial charge in [-0.05, 0) is 49.8 Å². The summed E-state index contributed by atoms with van der Waals surface area (Å²) in [6.07, 6.45) is 3.80. The molecule has 0 radical (unpaired) electrons. The third-order valence-corrected chi connectivity index (χ3v) is 7.00. The fraction of sp³-hybridized carbons (Fsp3) is 0.577. The summed E-state index contributed by atoms with van der Waals surface area (Å²) >= 11 is 0. The van der Waals surface area contributed by atoms with Gasteiger partial charge in [0.25, 0.3) is 0 Å². The highest BCUT2D eigenvalue weighted by molar-refractivity contribution is 6.02. The maximum Gasteiger partial charge on any atom is 0.310 e. The molecule has 0 unspecified atom stereocenters. The molecule has 180 valence electrons. The van der Waals surface area contributed by atoms with E-state index >= 15 is 0 Å². The molecule has 0 spiro atoms. The van der Waals surface area contributed by atoms with Crippen molar-refractivity contribution in [2.24, 2.45) is 29.6 Å². The zero-order valence-corrected chi connectivity index (χ0v) is 20.4. The topological polar surface area (TPSA) is 95.9 Å². The van der Waals surface area contributed by atoms with Crippen molar-refractivity contribution < 1.29 is 24.2 Å². The second-order valence-electron chi connectivity index (χ2n) is 9.62. The molecule has 3 rings (SSSR count). The lowest BCUT2D eigenvalue weighted by Crippen LogP contribution is -2.52. The molecule has 0 bridgehead atoms. The summed E-state index contributed by atoms with van der Waals surface area (Å²) in [5.41, 5.74) is 2.62. The van der Waals surface area contributed by atoms with Crippen LogP contribution in [0.1, 0.15) is 38.8 Å². The van der Waals surface area contributed by atoms with Crippen molar-refractivity contribution in [3.63, 3.8) is 0 Å². The number of aryl methyl sites for hydroxylation is 2. The number of ether oxygens (including phenoxy) is 1. The van der Waals surface area contributed by atoms with Crippen molar-refractivity contribution >= 4 is 23.5 Å². The van der Waals surface area contributed by atoms with Gasteiger partial charge < -0.3 is 20.1 Å². The van der Waals surface area contributed by atoms with E-state index in [-0.39, 0.29) is 36.9 Å². The van der Waals surface area contributed by atoms with Crippen LogP contribution in [0, 0.1) is 43.4 Å². The summed E-state index contributed by atoms with van der Waals surface area (Å²) in [4.78, 5) is 41.8. The largest absolute Gasteiger partial charge is 0.466 e. The lowest BCUT2D eigenvalue weighted by Gasteiger charge is -2.35. The highest BCUT2D eigenvalue weighted by atomic mass is 16.5. The third kappa shape index (κ3) is 4.69. The number of aliphatic hydroxyl groups is 1. The fourth-order valence-electron chi connectivity index (χ4n) is 5.19. The number of fused-ring (bicyclic) bond motifs is 1. The minimum absolute atomic E-state index is 0.0717. The maximum absolute atomic E-state index is 13.8.